The molecule has 0 aliphatic heterocycles. The van der Waals surface area contributed by atoms with Crippen molar-refractivity contribution in [2.75, 3.05) is 6.61 Å². The number of hydrogen-bond acceptors (Lipinski definition) is 1. The second-order valence-corrected chi connectivity index (χ2v) is 2.21. The first kappa shape index (κ1) is 20.7. The van der Waals surface area contributed by atoms with Crippen LogP contribution < -0.4 is 5.11 Å². The first-order valence-electron chi connectivity index (χ1n) is 5.04. The van der Waals surface area contributed by atoms with Crippen molar-refractivity contribution in [3.05, 3.63) is 67.6 Å². The van der Waals surface area contributed by atoms with Crippen molar-refractivity contribution < 1.29 is 26.8 Å². The van der Waals surface area contributed by atoms with Crippen molar-refractivity contribution >= 4 is 0 Å². The summed E-state index contributed by atoms with van der Waals surface area (Å²) in [5.41, 5.74) is 0. The fraction of sp³-hybridized carbons (Fsp3) is 0.214. The Morgan fingerprint density at radius 1 is 0.875 bits per heavy atom. The van der Waals surface area contributed by atoms with E-state index in [-0.39, 0.29) is 28.3 Å². The topological polar surface area (TPSA) is 23.1 Å². The molecule has 2 heteroatoms. The maximum Gasteiger partial charge on any atom is 4.00 e. The Kier molecular flexibility index (Phi) is 31.0. The van der Waals surface area contributed by atoms with Gasteiger partial charge in [0.2, 0.25) is 0 Å². The van der Waals surface area contributed by atoms with Crippen molar-refractivity contribution in [2.24, 2.45) is 0 Å². The molecule has 2 aromatic carbocycles. The Bertz CT molecular complexity index is 162. The molecule has 0 saturated heterocycles. The Morgan fingerprint density at radius 2 is 1.06 bits per heavy atom. The third-order valence-electron chi connectivity index (χ3n) is 1.11. The van der Waals surface area contributed by atoms with Gasteiger partial charge in [-0.3, -0.25) is 0 Å². The first-order chi connectivity index (χ1) is 7.41. The van der Waals surface area contributed by atoms with E-state index in [1.165, 1.54) is 0 Å². The van der Waals surface area contributed by atoms with E-state index in [1.54, 1.807) is 13.8 Å². The minimum atomic E-state index is 0. The summed E-state index contributed by atoms with van der Waals surface area (Å²) >= 11 is 0. The summed E-state index contributed by atoms with van der Waals surface area (Å²) in [6, 6.07) is 20.0. The number of rotatable bonds is 0. The van der Waals surface area contributed by atoms with Crippen LogP contribution in [0, 0.1) is 6.92 Å². The molecule has 0 amide bonds. The SMILES string of the molecule is CC[O-].[CH2-]C.[Ti+4].c1cc[cH-]c1.c1cc[cH-]c1. The second-order valence-electron chi connectivity index (χ2n) is 2.21. The van der Waals surface area contributed by atoms with E-state index >= 15 is 0 Å². The van der Waals surface area contributed by atoms with E-state index in [2.05, 4.69) is 6.92 Å². The summed E-state index contributed by atoms with van der Waals surface area (Å²) in [4.78, 5) is 0. The van der Waals surface area contributed by atoms with Gasteiger partial charge in [-0.25, -0.2) is 24.3 Å². The standard InChI is InChI=1S/2C5H5.C2H5O.C2H5.Ti/c2*1-2-4-5-3-1;1-2-3;1-2;/h2*1-5H;2H2,1H3;1H2,2H3;/q4*-1;+4. The van der Waals surface area contributed by atoms with Gasteiger partial charge in [0, 0.05) is 0 Å². The molecule has 0 aliphatic carbocycles. The first-order valence-corrected chi connectivity index (χ1v) is 5.04. The second kappa shape index (κ2) is 23.9. The van der Waals surface area contributed by atoms with Crippen LogP contribution in [0.5, 0.6) is 0 Å². The molecule has 0 aromatic heterocycles. The molecule has 0 aliphatic rings. The minimum absolute atomic E-state index is 0. The fourth-order valence-electron chi connectivity index (χ4n) is 0.642. The molecule has 0 bridgehead atoms. The predicted molar refractivity (Wildman–Crippen MR) is 65.6 cm³/mol. The summed E-state index contributed by atoms with van der Waals surface area (Å²) in [7, 11) is 0. The third kappa shape index (κ3) is 23.3. The van der Waals surface area contributed by atoms with Crippen LogP contribution in [0.15, 0.2) is 60.7 Å². The van der Waals surface area contributed by atoms with Gasteiger partial charge in [0.1, 0.15) is 0 Å². The largest absolute Gasteiger partial charge is 4.00 e. The molecule has 0 heterocycles. The molecule has 2 aromatic rings. The average Bonchev–Trinajstić information content (AvgIpc) is 3.01. The normalized spacial score (nSPS) is 6.50. The van der Waals surface area contributed by atoms with Gasteiger partial charge < -0.3 is 12.0 Å². The molecule has 0 unspecified atom stereocenters. The van der Waals surface area contributed by atoms with Crippen molar-refractivity contribution in [1.29, 1.82) is 0 Å². The third-order valence-corrected chi connectivity index (χ3v) is 1.11. The van der Waals surface area contributed by atoms with E-state index in [4.69, 9.17) is 5.11 Å². The Hall–Kier alpha value is -0.626. The van der Waals surface area contributed by atoms with E-state index in [0.29, 0.717) is 0 Å². The Labute approximate surface area is 115 Å². The van der Waals surface area contributed by atoms with Gasteiger partial charge in [-0.2, -0.15) is 43.3 Å². The van der Waals surface area contributed by atoms with E-state index in [0.717, 1.165) is 0 Å². The van der Waals surface area contributed by atoms with Crippen molar-refractivity contribution in [1.82, 2.24) is 0 Å². The summed E-state index contributed by atoms with van der Waals surface area (Å²) in [6.45, 7) is 6.57. The maximum absolute atomic E-state index is 8.93. The molecule has 0 saturated carbocycles. The van der Waals surface area contributed by atoms with Crippen LogP contribution in [0.25, 0.3) is 0 Å². The van der Waals surface area contributed by atoms with E-state index in [9.17, 15) is 0 Å². The van der Waals surface area contributed by atoms with E-state index < -0.39 is 0 Å². The van der Waals surface area contributed by atoms with Crippen LogP contribution in [0.2, 0.25) is 0 Å². The molecular formula is C14H20OTi. The van der Waals surface area contributed by atoms with Gasteiger partial charge in [0.05, 0.1) is 0 Å². The quantitative estimate of drug-likeness (QED) is 0.522. The van der Waals surface area contributed by atoms with Crippen molar-refractivity contribution in [3.8, 4) is 0 Å². The molecule has 16 heavy (non-hydrogen) atoms. The van der Waals surface area contributed by atoms with Crippen LogP contribution in [-0.2, 0) is 21.7 Å². The van der Waals surface area contributed by atoms with Crippen LogP contribution in [0.1, 0.15) is 13.8 Å². The molecule has 2 rings (SSSR count). The van der Waals surface area contributed by atoms with Gasteiger partial charge in [0.15, 0.2) is 0 Å². The maximum atomic E-state index is 8.93. The van der Waals surface area contributed by atoms with Crippen LogP contribution in [0.3, 0.4) is 0 Å². The zero-order valence-corrected chi connectivity index (χ0v) is 11.7. The molecule has 0 atom stereocenters. The van der Waals surface area contributed by atoms with Gasteiger partial charge >= 0.3 is 21.7 Å². The van der Waals surface area contributed by atoms with Crippen molar-refractivity contribution in [3.63, 3.8) is 0 Å². The Balaban J connectivity index is -0.000000147. The Morgan fingerprint density at radius 3 is 1.12 bits per heavy atom. The van der Waals surface area contributed by atoms with Crippen LogP contribution in [-0.4, -0.2) is 6.61 Å². The average molecular weight is 252 g/mol. The molecular weight excluding hydrogens is 232 g/mol. The van der Waals surface area contributed by atoms with Crippen molar-refractivity contribution in [2.45, 2.75) is 13.8 Å². The molecule has 0 N–H and O–H groups in total. The van der Waals surface area contributed by atoms with Gasteiger partial charge in [-0.05, 0) is 0 Å². The van der Waals surface area contributed by atoms with Gasteiger partial charge in [0.25, 0.3) is 0 Å². The molecule has 0 fully saturated rings. The molecule has 1 nitrogen and oxygen atoms in total. The predicted octanol–water partition coefficient (Wildman–Crippen LogP) is 3.02. The smallest absolute Gasteiger partial charge is 0.855 e. The minimum Gasteiger partial charge on any atom is -0.855 e. The monoisotopic (exact) mass is 252 g/mol. The van der Waals surface area contributed by atoms with E-state index in [1.807, 2.05) is 60.7 Å². The van der Waals surface area contributed by atoms with Gasteiger partial charge in [-0.1, -0.05) is 6.92 Å². The van der Waals surface area contributed by atoms with Crippen LogP contribution in [0.4, 0.5) is 0 Å². The summed E-state index contributed by atoms with van der Waals surface area (Å²) in [5, 5.41) is 8.93. The summed E-state index contributed by atoms with van der Waals surface area (Å²) in [5.74, 6) is 0. The van der Waals surface area contributed by atoms with Crippen LogP contribution >= 0.6 is 0 Å². The molecule has 86 valence electrons. The molecule has 0 spiro atoms. The zero-order valence-electron chi connectivity index (χ0n) is 10.1. The van der Waals surface area contributed by atoms with Gasteiger partial charge in [-0.15, -0.1) is 6.61 Å². The summed E-state index contributed by atoms with van der Waals surface area (Å²) in [6.07, 6.45) is 0. The molecule has 0 radical (unpaired) electrons. The number of hydrogen-bond donors (Lipinski definition) is 0. The fourth-order valence-corrected chi connectivity index (χ4v) is 0.642. The zero-order chi connectivity index (χ0) is 11.8. The summed E-state index contributed by atoms with van der Waals surface area (Å²) < 4.78 is 0.